The molecule has 0 radical (unpaired) electrons. The van der Waals surface area contributed by atoms with Crippen LogP contribution < -0.4 is 5.73 Å². The first-order valence-electron chi connectivity index (χ1n) is 17.7. The molecule has 0 aromatic heterocycles. The summed E-state index contributed by atoms with van der Waals surface area (Å²) in [5.41, 5.74) is 0.768. The Bertz CT molecular complexity index is 1390. The molecule has 14 heteroatoms. The Hall–Kier alpha value is -2.82. The Morgan fingerprint density at radius 3 is 2.31 bits per heavy atom. The fraction of sp³-hybridized carbons (Fsp3) is 0.730. The van der Waals surface area contributed by atoms with Gasteiger partial charge in [0.2, 0.25) is 17.7 Å². The highest BCUT2D eigenvalue weighted by atomic mass is 16.6. The third-order valence-corrected chi connectivity index (χ3v) is 11.5. The Morgan fingerprint density at radius 2 is 1.67 bits per heavy atom. The number of esters is 2. The minimum absolute atomic E-state index is 0.0815. The normalized spacial score (nSPS) is 34.5. The van der Waals surface area contributed by atoms with Crippen molar-refractivity contribution in [3.05, 3.63) is 35.9 Å². The van der Waals surface area contributed by atoms with Gasteiger partial charge in [-0.05, 0) is 19.4 Å². The number of fused-ring (bicyclic) bond motifs is 4. The predicted molar refractivity (Wildman–Crippen MR) is 181 cm³/mol. The molecule has 1 aliphatic heterocycles. The van der Waals surface area contributed by atoms with E-state index in [2.05, 4.69) is 0 Å². The van der Waals surface area contributed by atoms with Gasteiger partial charge < -0.3 is 49.8 Å². The highest BCUT2D eigenvalue weighted by Crippen LogP contribution is 2.55. The zero-order chi connectivity index (χ0) is 37.9. The van der Waals surface area contributed by atoms with Crippen LogP contribution >= 0.6 is 0 Å². The number of benzene rings is 1. The van der Waals surface area contributed by atoms with Crippen LogP contribution in [0.4, 0.5) is 0 Å². The zero-order valence-corrected chi connectivity index (χ0v) is 30.4. The molecule has 6 N–H and O–H groups in total. The molecule has 51 heavy (non-hydrogen) atoms. The van der Waals surface area contributed by atoms with Gasteiger partial charge in [0.25, 0.3) is 0 Å². The molecule has 0 amide bonds. The molecular formula is C37H55NO13. The summed E-state index contributed by atoms with van der Waals surface area (Å²) in [4.78, 5) is 55.2. The molecule has 3 aliphatic rings. The highest BCUT2D eigenvalue weighted by Gasteiger charge is 2.66. The second-order valence-electron chi connectivity index (χ2n) is 15.4. The van der Waals surface area contributed by atoms with Crippen molar-refractivity contribution in [1.29, 1.82) is 0 Å². The molecule has 11 atom stereocenters. The molecule has 1 aromatic rings. The minimum Gasteiger partial charge on any atom is -0.459 e. The summed E-state index contributed by atoms with van der Waals surface area (Å²) in [7, 11) is 0. The van der Waals surface area contributed by atoms with E-state index < -0.39 is 107 Å². The molecule has 1 heterocycles. The number of carbonyl (C=O) groups excluding carboxylic acids is 4. The molecule has 3 fully saturated rings. The number of Topliss-reactive ketones (excluding diaryl/α,β-unsaturated/α-hetero) is 2. The van der Waals surface area contributed by atoms with Gasteiger partial charge in [-0.1, -0.05) is 58.0 Å². The molecule has 4 rings (SSSR count). The molecule has 14 nitrogen and oxygen atoms in total. The number of aliphatic hydroxyl groups excluding tert-OH is 3. The van der Waals surface area contributed by atoms with Gasteiger partial charge in [0, 0.05) is 48.5 Å². The lowest BCUT2D eigenvalue weighted by Gasteiger charge is -2.58. The molecule has 11 unspecified atom stereocenters. The lowest BCUT2D eigenvalue weighted by Crippen LogP contribution is -2.69. The maximum atomic E-state index is 14.3. The van der Waals surface area contributed by atoms with Crippen molar-refractivity contribution in [2.45, 2.75) is 103 Å². The van der Waals surface area contributed by atoms with Gasteiger partial charge in [0.15, 0.2) is 0 Å². The second-order valence-corrected chi connectivity index (χ2v) is 15.4. The summed E-state index contributed by atoms with van der Waals surface area (Å²) in [5.74, 6) is -7.56. The number of carbonyl (C=O) groups is 4. The van der Waals surface area contributed by atoms with Crippen LogP contribution in [0.3, 0.4) is 0 Å². The summed E-state index contributed by atoms with van der Waals surface area (Å²) in [6.45, 7) is 9.56. The van der Waals surface area contributed by atoms with E-state index in [0.29, 0.717) is 18.7 Å². The SMILES string of the molecule is CC(c1ccccc1)C(OC(=O)COCCOCCN)C(=O)OC1CC2(O)C(O)C3COC(CC(O)C(C)(C)C(=O)C(=O)C(C1C)C2(C)C)C3O. The van der Waals surface area contributed by atoms with Crippen LogP contribution in [0.15, 0.2) is 30.3 Å². The van der Waals surface area contributed by atoms with Crippen LogP contribution in [0.1, 0.15) is 65.9 Å². The molecule has 4 bridgehead atoms. The van der Waals surface area contributed by atoms with Crippen LogP contribution in [0.25, 0.3) is 0 Å². The molecule has 2 saturated carbocycles. The Kier molecular flexibility index (Phi) is 13.2. The van der Waals surface area contributed by atoms with Crippen LogP contribution in [0.5, 0.6) is 0 Å². The third-order valence-electron chi connectivity index (χ3n) is 11.5. The van der Waals surface area contributed by atoms with E-state index in [-0.39, 0.29) is 32.7 Å². The molecule has 2 aliphatic carbocycles. The van der Waals surface area contributed by atoms with Crippen LogP contribution in [0, 0.1) is 28.6 Å². The van der Waals surface area contributed by atoms with Gasteiger partial charge in [-0.25, -0.2) is 9.59 Å². The van der Waals surface area contributed by atoms with Gasteiger partial charge in [0.1, 0.15) is 18.3 Å². The maximum Gasteiger partial charge on any atom is 0.348 e. The Labute approximate surface area is 298 Å². The standard InChI is InChI=1S/C37H55NO13/c1-20(22-10-8-7-9-11-22)31(51-27(40)19-48-15-14-47-13-12-38)34(45)50-25-17-37(46)32(43)23-18-49-24(29(23)41)16-26(39)35(3,4)33(44)30(42)28(21(25)2)36(37,5)6/h7-11,20-21,23-26,28-29,31-32,39,41,43,46H,12-19,38H2,1-6H3. The Morgan fingerprint density at radius 1 is 1.02 bits per heavy atom. The van der Waals surface area contributed by atoms with Crippen molar-refractivity contribution in [3.8, 4) is 0 Å². The highest BCUT2D eigenvalue weighted by molar-refractivity contribution is 6.40. The molecule has 0 spiro atoms. The van der Waals surface area contributed by atoms with E-state index in [1.807, 2.05) is 0 Å². The minimum atomic E-state index is -2.19. The zero-order valence-electron chi connectivity index (χ0n) is 30.4. The largest absolute Gasteiger partial charge is 0.459 e. The lowest BCUT2D eigenvalue weighted by molar-refractivity contribution is -0.243. The summed E-state index contributed by atoms with van der Waals surface area (Å²) >= 11 is 0. The van der Waals surface area contributed by atoms with Crippen LogP contribution in [0.2, 0.25) is 0 Å². The number of hydrogen-bond donors (Lipinski definition) is 5. The third kappa shape index (κ3) is 8.23. The number of ketones is 2. The van der Waals surface area contributed by atoms with Gasteiger partial charge in [0.05, 0.1) is 56.3 Å². The molecule has 1 aromatic carbocycles. The number of rotatable bonds is 12. The van der Waals surface area contributed by atoms with Gasteiger partial charge in [-0.3, -0.25) is 9.59 Å². The van der Waals surface area contributed by atoms with Crippen molar-refractivity contribution >= 4 is 23.5 Å². The van der Waals surface area contributed by atoms with Gasteiger partial charge in [-0.2, -0.15) is 0 Å². The lowest BCUT2D eigenvalue weighted by atomic mass is 9.50. The van der Waals surface area contributed by atoms with Crippen molar-refractivity contribution < 1.29 is 63.3 Å². The number of nitrogens with two attached hydrogens (primary N) is 1. The summed E-state index contributed by atoms with van der Waals surface area (Å²) in [5, 5.41) is 46.7. The fourth-order valence-electron chi connectivity index (χ4n) is 7.92. The molecule has 1 saturated heterocycles. The smallest absolute Gasteiger partial charge is 0.348 e. The predicted octanol–water partition coefficient (Wildman–Crippen LogP) is 0.685. The van der Waals surface area contributed by atoms with Crippen LogP contribution in [-0.4, -0.2) is 126 Å². The number of ether oxygens (including phenoxy) is 5. The summed E-state index contributed by atoms with van der Waals surface area (Å²) in [6.07, 6.45) is -8.67. The second kappa shape index (κ2) is 16.5. The fourth-order valence-corrected chi connectivity index (χ4v) is 7.92. The molecule has 286 valence electrons. The van der Waals surface area contributed by atoms with E-state index in [1.165, 1.54) is 13.8 Å². The van der Waals surface area contributed by atoms with Crippen LogP contribution in [-0.2, 0) is 42.9 Å². The van der Waals surface area contributed by atoms with Crippen molar-refractivity contribution in [3.63, 3.8) is 0 Å². The van der Waals surface area contributed by atoms with Gasteiger partial charge in [-0.15, -0.1) is 0 Å². The monoisotopic (exact) mass is 721 g/mol. The maximum absolute atomic E-state index is 14.3. The average Bonchev–Trinajstić information content (AvgIpc) is 3.45. The topological polar surface area (TPSA) is 221 Å². The van der Waals surface area contributed by atoms with E-state index in [4.69, 9.17) is 29.4 Å². The van der Waals surface area contributed by atoms with E-state index in [0.717, 1.165) is 0 Å². The van der Waals surface area contributed by atoms with Crippen molar-refractivity contribution in [2.75, 3.05) is 39.6 Å². The molecular weight excluding hydrogens is 666 g/mol. The first-order valence-corrected chi connectivity index (χ1v) is 17.7. The van der Waals surface area contributed by atoms with E-state index in [1.54, 1.807) is 58.0 Å². The number of aliphatic hydroxyl groups is 4. The van der Waals surface area contributed by atoms with Crippen molar-refractivity contribution in [1.82, 2.24) is 0 Å². The Balaban J connectivity index is 1.68. The number of hydrogen-bond acceptors (Lipinski definition) is 14. The average molecular weight is 722 g/mol. The van der Waals surface area contributed by atoms with E-state index >= 15 is 0 Å². The quantitative estimate of drug-likeness (QED) is 0.114. The first-order chi connectivity index (χ1) is 23.9. The summed E-state index contributed by atoms with van der Waals surface area (Å²) < 4.78 is 28.0. The van der Waals surface area contributed by atoms with Gasteiger partial charge >= 0.3 is 11.9 Å². The summed E-state index contributed by atoms with van der Waals surface area (Å²) in [6, 6.07) is 8.83. The van der Waals surface area contributed by atoms with Crippen molar-refractivity contribution in [2.24, 2.45) is 34.3 Å². The van der Waals surface area contributed by atoms with E-state index in [9.17, 15) is 39.6 Å². The first kappa shape index (κ1) is 40.9.